The van der Waals surface area contributed by atoms with Crippen LogP contribution >= 0.6 is 15.9 Å². The molecular weight excluding hydrogens is 413 g/mol. The molecule has 0 radical (unpaired) electrons. The summed E-state index contributed by atoms with van der Waals surface area (Å²) in [5.41, 5.74) is 0.699. The third-order valence-electron chi connectivity index (χ3n) is 5.69. The number of rotatable bonds is 7. The Morgan fingerprint density at radius 1 is 1.22 bits per heavy atom. The van der Waals surface area contributed by atoms with Gasteiger partial charge in [0.05, 0.1) is 12.6 Å². The maximum Gasteiger partial charge on any atom is 0.234 e. The van der Waals surface area contributed by atoms with Gasteiger partial charge in [0.25, 0.3) is 0 Å². The van der Waals surface area contributed by atoms with E-state index in [9.17, 15) is 14.3 Å². The minimum absolute atomic E-state index is 0.0283. The van der Waals surface area contributed by atoms with Crippen LogP contribution in [0.2, 0.25) is 0 Å². The van der Waals surface area contributed by atoms with Crippen LogP contribution in [0.5, 0.6) is 0 Å². The van der Waals surface area contributed by atoms with Gasteiger partial charge in [0.15, 0.2) is 0 Å². The summed E-state index contributed by atoms with van der Waals surface area (Å²) in [5.74, 6) is 0.124. The summed E-state index contributed by atoms with van der Waals surface area (Å²) in [6, 6.07) is 5.17. The molecule has 0 bridgehead atoms. The first kappa shape index (κ1) is 20.7. The molecule has 2 aliphatic rings. The topological polar surface area (TPSA) is 55.8 Å². The number of carbonyl (C=O) groups is 1. The molecule has 1 aliphatic carbocycles. The summed E-state index contributed by atoms with van der Waals surface area (Å²) in [7, 11) is 0. The van der Waals surface area contributed by atoms with Crippen molar-refractivity contribution >= 4 is 21.8 Å². The molecule has 150 valence electrons. The molecule has 2 N–H and O–H groups in total. The van der Waals surface area contributed by atoms with Gasteiger partial charge in [-0.25, -0.2) is 4.39 Å². The lowest BCUT2D eigenvalue weighted by Crippen LogP contribution is -2.49. The second kappa shape index (κ2) is 9.96. The maximum atomic E-state index is 14.0. The molecular formula is C20H29BrFN3O2. The molecule has 1 heterocycles. The fourth-order valence-corrected chi connectivity index (χ4v) is 4.32. The van der Waals surface area contributed by atoms with Crippen LogP contribution in [-0.4, -0.2) is 66.2 Å². The Balaban J connectivity index is 1.35. The van der Waals surface area contributed by atoms with E-state index in [2.05, 4.69) is 31.0 Å². The summed E-state index contributed by atoms with van der Waals surface area (Å²) in [4.78, 5) is 16.5. The van der Waals surface area contributed by atoms with Crippen molar-refractivity contribution in [3.05, 3.63) is 34.1 Å². The molecule has 3 rings (SSSR count). The Kier molecular flexibility index (Phi) is 7.64. The first-order valence-electron chi connectivity index (χ1n) is 9.84. The first-order chi connectivity index (χ1) is 13.0. The zero-order valence-corrected chi connectivity index (χ0v) is 17.3. The summed E-state index contributed by atoms with van der Waals surface area (Å²) < 4.78 is 14.7. The molecule has 1 aliphatic heterocycles. The van der Waals surface area contributed by atoms with E-state index in [-0.39, 0.29) is 11.7 Å². The van der Waals surface area contributed by atoms with E-state index in [1.165, 1.54) is 18.9 Å². The third-order valence-corrected chi connectivity index (χ3v) is 6.19. The Hall–Kier alpha value is -1.02. The van der Waals surface area contributed by atoms with Gasteiger partial charge < -0.3 is 10.4 Å². The van der Waals surface area contributed by atoms with E-state index < -0.39 is 6.10 Å². The van der Waals surface area contributed by atoms with E-state index in [0.29, 0.717) is 31.1 Å². The van der Waals surface area contributed by atoms with Crippen molar-refractivity contribution in [2.75, 3.05) is 39.3 Å². The van der Waals surface area contributed by atoms with Crippen molar-refractivity contribution < 1.29 is 14.3 Å². The van der Waals surface area contributed by atoms with Crippen LogP contribution in [0.1, 0.15) is 31.2 Å². The second-order valence-corrected chi connectivity index (χ2v) is 8.62. The van der Waals surface area contributed by atoms with Crippen molar-refractivity contribution in [3.63, 3.8) is 0 Å². The lowest BCUT2D eigenvalue weighted by atomic mass is 10.0. The number of hydrogen-bond donors (Lipinski definition) is 2. The van der Waals surface area contributed by atoms with E-state index in [4.69, 9.17) is 0 Å². The normalized spacial score (nSPS) is 20.7. The van der Waals surface area contributed by atoms with Crippen LogP contribution in [0.4, 0.5) is 4.39 Å². The molecule has 5 nitrogen and oxygen atoms in total. The van der Waals surface area contributed by atoms with Crippen molar-refractivity contribution in [1.82, 2.24) is 15.1 Å². The molecule has 1 unspecified atom stereocenters. The van der Waals surface area contributed by atoms with Gasteiger partial charge in [-0.05, 0) is 30.9 Å². The molecule has 1 saturated heterocycles. The van der Waals surface area contributed by atoms with Gasteiger partial charge in [0.1, 0.15) is 5.82 Å². The fourth-order valence-electron chi connectivity index (χ4n) is 3.98. The smallest absolute Gasteiger partial charge is 0.234 e. The molecule has 27 heavy (non-hydrogen) atoms. The summed E-state index contributed by atoms with van der Waals surface area (Å²) >= 11 is 3.28. The van der Waals surface area contributed by atoms with Gasteiger partial charge in [0.2, 0.25) is 5.91 Å². The Morgan fingerprint density at radius 3 is 2.56 bits per heavy atom. The fraction of sp³-hybridized carbons (Fsp3) is 0.650. The Labute approximate surface area is 169 Å². The van der Waals surface area contributed by atoms with Crippen molar-refractivity contribution in [2.24, 2.45) is 5.92 Å². The zero-order chi connectivity index (χ0) is 19.2. The standard InChI is InChI=1S/C20H29BrFN3O2/c21-17-6-5-16(18(22)11-17)13-24-7-9-25(10-8-24)14-20(27)23-12-19(26)15-3-1-2-4-15/h5-6,11,15,19,26H,1-4,7-10,12-14H2,(H,23,27). The van der Waals surface area contributed by atoms with Crippen molar-refractivity contribution in [1.29, 1.82) is 0 Å². The number of carbonyl (C=O) groups excluding carboxylic acids is 1. The van der Waals surface area contributed by atoms with Crippen LogP contribution < -0.4 is 5.32 Å². The third kappa shape index (κ3) is 6.24. The van der Waals surface area contributed by atoms with Crippen LogP contribution in [-0.2, 0) is 11.3 Å². The van der Waals surface area contributed by atoms with Crippen LogP contribution in [0.15, 0.2) is 22.7 Å². The number of halogens is 2. The molecule has 1 aromatic carbocycles. The molecule has 1 aromatic rings. The van der Waals surface area contributed by atoms with E-state index in [1.807, 2.05) is 12.1 Å². The van der Waals surface area contributed by atoms with E-state index in [1.54, 1.807) is 0 Å². The highest BCUT2D eigenvalue weighted by molar-refractivity contribution is 9.10. The molecule has 7 heteroatoms. The highest BCUT2D eigenvalue weighted by Crippen LogP contribution is 2.27. The Bertz CT molecular complexity index is 632. The van der Waals surface area contributed by atoms with Gasteiger partial charge in [-0.3, -0.25) is 14.6 Å². The predicted molar refractivity (Wildman–Crippen MR) is 107 cm³/mol. The predicted octanol–water partition coefficient (Wildman–Crippen LogP) is 2.37. The second-order valence-electron chi connectivity index (χ2n) is 7.70. The first-order valence-corrected chi connectivity index (χ1v) is 10.6. The van der Waals surface area contributed by atoms with Gasteiger partial charge in [-0.15, -0.1) is 0 Å². The van der Waals surface area contributed by atoms with Gasteiger partial charge >= 0.3 is 0 Å². The minimum Gasteiger partial charge on any atom is -0.391 e. The molecule has 1 amide bonds. The number of piperazine rings is 1. The van der Waals surface area contributed by atoms with Crippen LogP contribution in [0.25, 0.3) is 0 Å². The lowest BCUT2D eigenvalue weighted by Gasteiger charge is -2.34. The van der Waals surface area contributed by atoms with Crippen molar-refractivity contribution in [2.45, 2.75) is 38.3 Å². The zero-order valence-electron chi connectivity index (χ0n) is 15.7. The van der Waals surface area contributed by atoms with Gasteiger partial charge in [-0.1, -0.05) is 34.8 Å². The maximum absolute atomic E-state index is 14.0. The van der Waals surface area contributed by atoms with E-state index >= 15 is 0 Å². The molecule has 1 atom stereocenters. The number of benzene rings is 1. The molecule has 0 aromatic heterocycles. The van der Waals surface area contributed by atoms with Gasteiger partial charge in [-0.2, -0.15) is 0 Å². The van der Waals surface area contributed by atoms with E-state index in [0.717, 1.165) is 43.5 Å². The highest BCUT2D eigenvalue weighted by Gasteiger charge is 2.24. The number of nitrogens with one attached hydrogen (secondary N) is 1. The monoisotopic (exact) mass is 441 g/mol. The number of amides is 1. The number of nitrogens with zero attached hydrogens (tertiary/aromatic N) is 2. The number of aliphatic hydroxyl groups is 1. The largest absolute Gasteiger partial charge is 0.391 e. The minimum atomic E-state index is -0.422. The van der Waals surface area contributed by atoms with Gasteiger partial charge in [0, 0.05) is 49.3 Å². The van der Waals surface area contributed by atoms with Crippen LogP contribution in [0.3, 0.4) is 0 Å². The molecule has 1 saturated carbocycles. The average molecular weight is 442 g/mol. The average Bonchev–Trinajstić information content (AvgIpc) is 3.18. The van der Waals surface area contributed by atoms with Crippen molar-refractivity contribution in [3.8, 4) is 0 Å². The highest BCUT2D eigenvalue weighted by atomic mass is 79.9. The quantitative estimate of drug-likeness (QED) is 0.681. The molecule has 2 fully saturated rings. The molecule has 0 spiro atoms. The SMILES string of the molecule is O=C(CN1CCN(Cc2ccc(Br)cc2F)CC1)NCC(O)C1CCCC1. The summed E-state index contributed by atoms with van der Waals surface area (Å²) in [6.07, 6.45) is 4.08. The Morgan fingerprint density at radius 2 is 1.89 bits per heavy atom. The lowest BCUT2D eigenvalue weighted by molar-refractivity contribution is -0.123. The number of aliphatic hydroxyl groups excluding tert-OH is 1. The summed E-state index contributed by atoms with van der Waals surface area (Å²) in [6.45, 7) is 4.51. The summed E-state index contributed by atoms with van der Waals surface area (Å²) in [5, 5.41) is 13.0. The van der Waals surface area contributed by atoms with Crippen LogP contribution in [0, 0.1) is 11.7 Å². The number of hydrogen-bond acceptors (Lipinski definition) is 4.